The van der Waals surface area contributed by atoms with Crippen LogP contribution in [0.25, 0.3) is 33.4 Å². The monoisotopic (exact) mass is 1420 g/mol. The number of aromatic hydroxyl groups is 1. The number of hydrogen-bond donors (Lipinski definition) is 4. The molecule has 4 N–H and O–H groups in total. The van der Waals surface area contributed by atoms with Gasteiger partial charge in [-0.2, -0.15) is 0 Å². The summed E-state index contributed by atoms with van der Waals surface area (Å²) in [6.07, 6.45) is 2.53. The zero-order chi connectivity index (χ0) is 73.7. The summed E-state index contributed by atoms with van der Waals surface area (Å²) in [5, 5.41) is 37.0. The number of amides is 2. The molecule has 3 fully saturated rings. The van der Waals surface area contributed by atoms with E-state index >= 15 is 9.59 Å². The van der Waals surface area contributed by atoms with Crippen LogP contribution in [-0.2, 0) is 63.0 Å². The number of phenols is 1. The fraction of sp³-hybridized carbons (Fsp3) is 0.623. The highest BCUT2D eigenvalue weighted by Crippen LogP contribution is 2.47. The number of nitrogens with one attached hydrogen (secondary N) is 1. The highest BCUT2D eigenvalue weighted by atomic mass is 28.4. The van der Waals surface area contributed by atoms with Gasteiger partial charge in [0.05, 0.1) is 54.8 Å². The predicted molar refractivity (Wildman–Crippen MR) is 386 cm³/mol. The van der Waals surface area contributed by atoms with Crippen LogP contribution < -0.4 is 10.7 Å². The highest BCUT2D eigenvalue weighted by molar-refractivity contribution is 6.74. The number of cyclic esters (lactones) is 1. The molecule has 4 heterocycles. The average molecular weight is 1420 g/mol. The molecular formula is C77H110N2O19Si2. The van der Waals surface area contributed by atoms with Crippen LogP contribution in [0.2, 0.25) is 36.3 Å². The Morgan fingerprint density at radius 1 is 0.780 bits per heavy atom. The van der Waals surface area contributed by atoms with Crippen LogP contribution in [0, 0.1) is 29.6 Å². The molecule has 2 aliphatic carbocycles. The minimum Gasteiger partial charge on any atom is -0.507 e. The molecule has 2 aromatic carbocycles. The first-order valence-electron chi connectivity index (χ1n) is 35.6. The van der Waals surface area contributed by atoms with Gasteiger partial charge in [0.2, 0.25) is 5.79 Å². The molecule has 14 atom stereocenters. The molecule has 2 bridgehead atoms. The third-order valence-electron chi connectivity index (χ3n) is 22.3. The van der Waals surface area contributed by atoms with Gasteiger partial charge in [0.25, 0.3) is 11.7 Å². The minimum absolute atomic E-state index is 0.00582. The van der Waals surface area contributed by atoms with E-state index in [0.717, 1.165) is 18.4 Å². The Morgan fingerprint density at radius 2 is 1.43 bits per heavy atom. The van der Waals surface area contributed by atoms with Crippen molar-refractivity contribution in [2.75, 3.05) is 34.5 Å². The highest BCUT2D eigenvalue weighted by Gasteiger charge is 2.57. The standard InChI is InChI=1S/C77H110N2O19Si2/c1-44-35-45(2)37-64(91-13)69-65(92-14)39-47(4)77(89,96-69)70(83)71(84)79-33-22-21-25-57(79)73(87)95-67(46(3)38-49-26-31-60(63(40-49)90-12)97-99(15,16)75(6,7)8)48(5)61(98-100(17,18)76(9,10)11)42-59(82)50(36-44)32-34-93-74(88)78-43-56-58(81)30-29-55-66(52-23-19-20-24-53(52)72(85)86)54-28-27-51(80)41-62(54)94-68(55)56/h19-20,23-24,27-30,36,38,41,45,47-50,57,60-61,63-65,67,69,81,89H,21-22,25-26,31-35,37,39-40,42-43H2,1-18H3,(H,78,88)(H,85,86)/b44-36+,46-38+/t45-,47?,48+,49?,50+,57?,60+,61?,63?,64-,65?,67+,69+,77?/m0/s1. The number of carbonyl (C=O) groups is 6. The normalized spacial score (nSPS) is 29.1. The molecular weight excluding hydrogens is 1310 g/mol. The molecule has 100 heavy (non-hydrogen) atoms. The Kier molecular flexibility index (Phi) is 25.8. The molecule has 0 aromatic heterocycles. The maximum absolute atomic E-state index is 15.8. The molecule has 2 aromatic rings. The van der Waals surface area contributed by atoms with E-state index in [-0.39, 0.29) is 119 Å². The number of allylic oxidation sites excluding steroid dienone is 3. The summed E-state index contributed by atoms with van der Waals surface area (Å²) in [4.78, 5) is 102. The Hall–Kier alpha value is -6.42. The number of aliphatic hydroxyl groups is 1. The van der Waals surface area contributed by atoms with E-state index in [1.807, 2.05) is 33.8 Å². The molecule has 8 rings (SSSR count). The number of esters is 1. The number of phenolic OH excluding ortho intramolecular Hbond substituents is 1. The second kappa shape index (κ2) is 32.5. The number of Topliss-reactive ketones (excluding diaryl/α,β-unsaturated/α-hetero) is 2. The van der Waals surface area contributed by atoms with E-state index in [1.54, 1.807) is 44.4 Å². The van der Waals surface area contributed by atoms with Gasteiger partial charge in [0, 0.05) is 74.6 Å². The Morgan fingerprint density at radius 3 is 2.08 bits per heavy atom. The van der Waals surface area contributed by atoms with Crippen molar-refractivity contribution >= 4 is 63.1 Å². The fourth-order valence-electron chi connectivity index (χ4n) is 14.5. The van der Waals surface area contributed by atoms with Crippen molar-refractivity contribution in [1.29, 1.82) is 0 Å². The molecule has 0 radical (unpaired) electrons. The molecule has 6 aliphatic rings. The number of carboxylic acids is 1. The summed E-state index contributed by atoms with van der Waals surface area (Å²) in [5.74, 6) is -9.86. The van der Waals surface area contributed by atoms with Crippen molar-refractivity contribution in [2.24, 2.45) is 29.6 Å². The number of ketones is 2. The molecule has 550 valence electrons. The second-order valence-corrected chi connectivity index (χ2v) is 41.2. The van der Waals surface area contributed by atoms with Crippen LogP contribution in [0.5, 0.6) is 5.75 Å². The number of hydrogen-bond acceptors (Lipinski definition) is 18. The van der Waals surface area contributed by atoms with Gasteiger partial charge >= 0.3 is 18.0 Å². The molecule has 21 nitrogen and oxygen atoms in total. The first kappa shape index (κ1) is 79.3. The van der Waals surface area contributed by atoms with Gasteiger partial charge < -0.3 is 67.2 Å². The SMILES string of the molecule is COC1CC(/C=C(\C)[C@H]2OC(=O)C3CCCCN3C(=O)C(=O)C3(O)O[C@@H](C(OC)CC3C)[C@@H](OC)C[C@@H](C)C/C(C)=C/[C@@H](CCOC(=O)NCc3c(O)ccc4c(-c5ccccc5C(=O)O)c5ccc(=O)cc-5oc34)C(=O)CC(O[Si](C)(C)C(C)(C)C)[C@H]2C)CC[C@H]1O[Si](C)(C)C(C)(C)C. The van der Waals surface area contributed by atoms with Crippen LogP contribution >= 0.6 is 0 Å². The van der Waals surface area contributed by atoms with E-state index in [4.69, 9.17) is 41.7 Å². The summed E-state index contributed by atoms with van der Waals surface area (Å²) in [6.45, 7) is 30.5. The average Bonchev–Trinajstić information content (AvgIpc) is 0.755. The minimum atomic E-state index is -2.81. The van der Waals surface area contributed by atoms with Crippen LogP contribution in [-0.4, -0.2) is 161 Å². The van der Waals surface area contributed by atoms with Gasteiger partial charge in [-0.25, -0.2) is 14.4 Å². The lowest BCUT2D eigenvalue weighted by molar-refractivity contribution is -0.302. The van der Waals surface area contributed by atoms with Crippen LogP contribution in [0.15, 0.2) is 87.1 Å². The predicted octanol–water partition coefficient (Wildman–Crippen LogP) is 13.7. The van der Waals surface area contributed by atoms with E-state index in [1.165, 1.54) is 43.4 Å². The van der Waals surface area contributed by atoms with E-state index < -0.39 is 106 Å². The van der Waals surface area contributed by atoms with Gasteiger partial charge in [-0.1, -0.05) is 98.2 Å². The number of ether oxygens (including phenoxy) is 6. The number of piperidine rings is 1. The van der Waals surface area contributed by atoms with E-state index in [2.05, 4.69) is 79.1 Å². The first-order chi connectivity index (χ1) is 46.8. The number of rotatable bonds is 16. The second-order valence-electron chi connectivity index (χ2n) is 31.6. The van der Waals surface area contributed by atoms with Crippen molar-refractivity contribution < 1.29 is 85.8 Å². The number of methoxy groups -OCH3 is 3. The third-order valence-corrected chi connectivity index (χ3v) is 31.3. The van der Waals surface area contributed by atoms with Gasteiger partial charge in [-0.15, -0.1) is 0 Å². The fourth-order valence-corrected chi connectivity index (χ4v) is 17.3. The van der Waals surface area contributed by atoms with E-state index in [9.17, 15) is 39.3 Å². The zero-order valence-electron chi connectivity index (χ0n) is 62.1. The number of fused-ring (bicyclic) bond motifs is 5. The number of carbonyl (C=O) groups excluding carboxylic acids is 5. The Bertz CT molecular complexity index is 3700. The number of carboxylic acid groups (broad SMARTS) is 1. The Balaban J connectivity index is 1.17. The lowest BCUT2D eigenvalue weighted by Crippen LogP contribution is -2.64. The summed E-state index contributed by atoms with van der Waals surface area (Å²) < 4.78 is 58.2. The van der Waals surface area contributed by atoms with Gasteiger partial charge in [0.1, 0.15) is 41.1 Å². The quantitative estimate of drug-likeness (QED) is 0.0267. The zero-order valence-corrected chi connectivity index (χ0v) is 64.1. The maximum atomic E-state index is 15.8. The number of aromatic carboxylic acids is 1. The van der Waals surface area contributed by atoms with Crippen LogP contribution in [0.4, 0.5) is 4.79 Å². The summed E-state index contributed by atoms with van der Waals surface area (Å²) >= 11 is 0. The smallest absolute Gasteiger partial charge is 0.407 e. The van der Waals surface area contributed by atoms with Crippen molar-refractivity contribution in [1.82, 2.24) is 10.2 Å². The van der Waals surface area contributed by atoms with Gasteiger partial charge in [-0.05, 0) is 168 Å². The maximum Gasteiger partial charge on any atom is 0.407 e. The van der Waals surface area contributed by atoms with Gasteiger partial charge in [0.15, 0.2) is 22.1 Å². The molecule has 4 aliphatic heterocycles. The molecule has 2 saturated heterocycles. The number of benzene rings is 3. The molecule has 7 unspecified atom stereocenters. The molecule has 23 heteroatoms. The summed E-state index contributed by atoms with van der Waals surface area (Å²) in [6, 6.07) is 12.4. The van der Waals surface area contributed by atoms with E-state index in [0.29, 0.717) is 59.8 Å². The first-order valence-corrected chi connectivity index (χ1v) is 41.4. The lowest BCUT2D eigenvalue weighted by Gasteiger charge is -2.47. The van der Waals surface area contributed by atoms with Crippen molar-refractivity contribution in [3.63, 3.8) is 0 Å². The van der Waals surface area contributed by atoms with Crippen LogP contribution in [0.3, 0.4) is 0 Å². The Labute approximate surface area is 592 Å². The molecule has 0 spiro atoms. The summed E-state index contributed by atoms with van der Waals surface area (Å²) in [5.41, 5.74) is 2.59. The summed E-state index contributed by atoms with van der Waals surface area (Å²) in [7, 11) is -0.281. The number of nitrogens with zero attached hydrogens (tertiary/aromatic N) is 1. The van der Waals surface area contributed by atoms with Gasteiger partial charge in [-0.3, -0.25) is 19.2 Å². The largest absolute Gasteiger partial charge is 0.507 e. The van der Waals surface area contributed by atoms with Crippen molar-refractivity contribution in [3.8, 4) is 28.2 Å². The topological polar surface area (TPSA) is 282 Å². The molecule has 2 amide bonds. The number of alkyl carbamates (subject to hydrolysis) is 1. The molecule has 1 saturated carbocycles. The van der Waals surface area contributed by atoms with Crippen LogP contribution in [0.1, 0.15) is 163 Å². The lowest BCUT2D eigenvalue weighted by atomic mass is 9.81. The van der Waals surface area contributed by atoms with Crippen molar-refractivity contribution in [2.45, 2.75) is 244 Å². The third kappa shape index (κ3) is 18.0. The van der Waals surface area contributed by atoms with Crippen molar-refractivity contribution in [3.05, 3.63) is 99.2 Å².